The summed E-state index contributed by atoms with van der Waals surface area (Å²) in [5.41, 5.74) is 1.25. The van der Waals surface area contributed by atoms with Crippen LogP contribution in [0.25, 0.3) is 0 Å². The molecule has 1 atom stereocenters. The van der Waals surface area contributed by atoms with Crippen LogP contribution in [0.5, 0.6) is 0 Å². The third-order valence-corrected chi connectivity index (χ3v) is 2.03. The Balaban J connectivity index is 2.55. The second kappa shape index (κ2) is 2.91. The summed E-state index contributed by atoms with van der Waals surface area (Å²) in [6.45, 7) is 10.7. The molecule has 1 unspecified atom stereocenters. The van der Waals surface area contributed by atoms with E-state index in [2.05, 4.69) is 20.1 Å². The Bertz CT molecular complexity index is 158. The number of allylic oxidation sites excluding steroid dienone is 1. The van der Waals surface area contributed by atoms with E-state index in [-0.39, 0.29) is 0 Å². The number of hydrogen-bond donors (Lipinski definition) is 0. The van der Waals surface area contributed by atoms with E-state index < -0.39 is 0 Å². The van der Waals surface area contributed by atoms with Gasteiger partial charge in [0.1, 0.15) is 0 Å². The average molecular weight is 138 g/mol. The lowest BCUT2D eigenvalue weighted by molar-refractivity contribution is 0.262. The number of rotatable bonds is 2. The van der Waals surface area contributed by atoms with Gasteiger partial charge < -0.3 is 4.74 Å². The molecule has 0 radical (unpaired) electrons. The van der Waals surface area contributed by atoms with E-state index in [9.17, 15) is 0 Å². The SMILES string of the molecule is C=C(CC)C1CCOC1=C. The molecule has 1 heterocycles. The van der Waals surface area contributed by atoms with Crippen molar-refractivity contribution in [3.05, 3.63) is 24.5 Å². The third-order valence-electron chi connectivity index (χ3n) is 2.03. The first-order valence-corrected chi connectivity index (χ1v) is 3.75. The predicted octanol–water partition coefficient (Wildman–Crippen LogP) is 2.50. The summed E-state index contributed by atoms with van der Waals surface area (Å²) in [6, 6.07) is 0. The van der Waals surface area contributed by atoms with E-state index in [1.165, 1.54) is 5.57 Å². The van der Waals surface area contributed by atoms with E-state index in [4.69, 9.17) is 4.74 Å². The number of ether oxygens (including phenoxy) is 1. The zero-order valence-electron chi connectivity index (χ0n) is 6.52. The van der Waals surface area contributed by atoms with Crippen LogP contribution in [0.2, 0.25) is 0 Å². The summed E-state index contributed by atoms with van der Waals surface area (Å²) in [7, 11) is 0. The fourth-order valence-corrected chi connectivity index (χ4v) is 1.25. The van der Waals surface area contributed by atoms with Crippen LogP contribution in [0.1, 0.15) is 19.8 Å². The van der Waals surface area contributed by atoms with Gasteiger partial charge in [-0.25, -0.2) is 0 Å². The Labute approximate surface area is 62.4 Å². The molecule has 0 spiro atoms. The lowest BCUT2D eigenvalue weighted by Crippen LogP contribution is -1.98. The second-order valence-corrected chi connectivity index (χ2v) is 2.67. The van der Waals surface area contributed by atoms with Gasteiger partial charge in [0, 0.05) is 5.92 Å². The van der Waals surface area contributed by atoms with Crippen molar-refractivity contribution in [3.8, 4) is 0 Å². The smallest absolute Gasteiger partial charge is 0.0960 e. The molecule has 1 fully saturated rings. The van der Waals surface area contributed by atoms with Gasteiger partial charge in [-0.15, -0.1) is 0 Å². The highest BCUT2D eigenvalue weighted by Crippen LogP contribution is 2.30. The van der Waals surface area contributed by atoms with Crippen LogP contribution in [0.3, 0.4) is 0 Å². The Hall–Kier alpha value is -0.720. The molecule has 0 aromatic rings. The van der Waals surface area contributed by atoms with Crippen LogP contribution in [-0.2, 0) is 4.74 Å². The van der Waals surface area contributed by atoms with Gasteiger partial charge in [-0.1, -0.05) is 25.7 Å². The van der Waals surface area contributed by atoms with Gasteiger partial charge in [0.25, 0.3) is 0 Å². The molecule has 0 bridgehead atoms. The molecule has 0 aromatic carbocycles. The standard InChI is InChI=1S/C9H14O/c1-4-7(2)9-5-6-10-8(9)3/h9H,2-6H2,1H3. The van der Waals surface area contributed by atoms with E-state index in [1.54, 1.807) is 0 Å². The van der Waals surface area contributed by atoms with Crippen LogP contribution in [0.4, 0.5) is 0 Å². The summed E-state index contributed by atoms with van der Waals surface area (Å²) in [6.07, 6.45) is 2.11. The quantitative estimate of drug-likeness (QED) is 0.533. The van der Waals surface area contributed by atoms with Gasteiger partial charge in [0.15, 0.2) is 0 Å². The van der Waals surface area contributed by atoms with Gasteiger partial charge in [0.2, 0.25) is 0 Å². The zero-order chi connectivity index (χ0) is 7.56. The van der Waals surface area contributed by atoms with Gasteiger partial charge in [-0.05, 0) is 12.8 Å². The highest BCUT2D eigenvalue weighted by molar-refractivity contribution is 5.14. The largest absolute Gasteiger partial charge is 0.498 e. The zero-order valence-corrected chi connectivity index (χ0v) is 6.52. The van der Waals surface area contributed by atoms with Crippen molar-refractivity contribution in [2.75, 3.05) is 6.61 Å². The monoisotopic (exact) mass is 138 g/mol. The Morgan fingerprint density at radius 2 is 2.50 bits per heavy atom. The average Bonchev–Trinajstić information content (AvgIpc) is 2.34. The maximum absolute atomic E-state index is 5.23. The van der Waals surface area contributed by atoms with Crippen LogP contribution >= 0.6 is 0 Å². The van der Waals surface area contributed by atoms with Crippen LogP contribution in [-0.4, -0.2) is 6.61 Å². The van der Waals surface area contributed by atoms with Crippen molar-refractivity contribution < 1.29 is 4.74 Å². The van der Waals surface area contributed by atoms with E-state index in [0.29, 0.717) is 5.92 Å². The van der Waals surface area contributed by atoms with Crippen molar-refractivity contribution in [1.29, 1.82) is 0 Å². The molecular weight excluding hydrogens is 124 g/mol. The summed E-state index contributed by atoms with van der Waals surface area (Å²) in [5, 5.41) is 0. The van der Waals surface area contributed by atoms with Crippen molar-refractivity contribution in [2.24, 2.45) is 5.92 Å². The molecule has 1 heteroatoms. The van der Waals surface area contributed by atoms with Crippen LogP contribution in [0.15, 0.2) is 24.5 Å². The molecule has 1 rings (SSSR count). The lowest BCUT2D eigenvalue weighted by atomic mass is 9.96. The Morgan fingerprint density at radius 1 is 1.80 bits per heavy atom. The predicted molar refractivity (Wildman–Crippen MR) is 42.6 cm³/mol. The molecule has 0 aliphatic carbocycles. The molecule has 0 saturated carbocycles. The summed E-state index contributed by atoms with van der Waals surface area (Å²) < 4.78 is 5.23. The normalized spacial score (nSPS) is 24.5. The van der Waals surface area contributed by atoms with E-state index >= 15 is 0 Å². The molecule has 1 nitrogen and oxygen atoms in total. The minimum Gasteiger partial charge on any atom is -0.498 e. The molecule has 1 aliphatic rings. The molecule has 0 aromatic heterocycles. The second-order valence-electron chi connectivity index (χ2n) is 2.67. The molecule has 10 heavy (non-hydrogen) atoms. The minimum absolute atomic E-state index is 0.435. The first-order valence-electron chi connectivity index (χ1n) is 3.75. The van der Waals surface area contributed by atoms with E-state index in [0.717, 1.165) is 25.2 Å². The molecular formula is C9H14O. The first kappa shape index (κ1) is 7.39. The van der Waals surface area contributed by atoms with Crippen molar-refractivity contribution in [2.45, 2.75) is 19.8 Å². The summed E-state index contributed by atoms with van der Waals surface area (Å²) in [4.78, 5) is 0. The third kappa shape index (κ3) is 1.23. The summed E-state index contributed by atoms with van der Waals surface area (Å²) >= 11 is 0. The van der Waals surface area contributed by atoms with Gasteiger partial charge in [-0.3, -0.25) is 0 Å². The van der Waals surface area contributed by atoms with Gasteiger partial charge in [0.05, 0.1) is 12.4 Å². The molecule has 1 saturated heterocycles. The molecule has 0 amide bonds. The molecule has 0 N–H and O–H groups in total. The fourth-order valence-electron chi connectivity index (χ4n) is 1.25. The molecule has 56 valence electrons. The number of hydrogen-bond acceptors (Lipinski definition) is 1. The maximum Gasteiger partial charge on any atom is 0.0960 e. The van der Waals surface area contributed by atoms with Crippen molar-refractivity contribution in [1.82, 2.24) is 0 Å². The highest BCUT2D eigenvalue weighted by Gasteiger charge is 2.21. The van der Waals surface area contributed by atoms with Gasteiger partial charge >= 0.3 is 0 Å². The first-order chi connectivity index (χ1) is 4.75. The lowest BCUT2D eigenvalue weighted by Gasteiger charge is -2.09. The fraction of sp³-hybridized carbons (Fsp3) is 0.556. The van der Waals surface area contributed by atoms with Gasteiger partial charge in [-0.2, -0.15) is 0 Å². The molecule has 1 aliphatic heterocycles. The Morgan fingerprint density at radius 3 is 2.90 bits per heavy atom. The maximum atomic E-state index is 5.23. The van der Waals surface area contributed by atoms with Crippen molar-refractivity contribution >= 4 is 0 Å². The highest BCUT2D eigenvalue weighted by atomic mass is 16.5. The topological polar surface area (TPSA) is 9.23 Å². The van der Waals surface area contributed by atoms with Crippen LogP contribution < -0.4 is 0 Å². The van der Waals surface area contributed by atoms with Crippen molar-refractivity contribution in [3.63, 3.8) is 0 Å². The minimum atomic E-state index is 0.435. The Kier molecular flexibility index (Phi) is 2.15. The van der Waals surface area contributed by atoms with E-state index in [1.807, 2.05) is 0 Å². The summed E-state index contributed by atoms with van der Waals surface area (Å²) in [5.74, 6) is 1.34. The van der Waals surface area contributed by atoms with Crippen LogP contribution in [0, 0.1) is 5.92 Å².